The second kappa shape index (κ2) is 10.4. The van der Waals surface area contributed by atoms with Crippen molar-refractivity contribution in [3.63, 3.8) is 0 Å². The molecule has 5 atom stereocenters. The zero-order chi connectivity index (χ0) is 21.6. The van der Waals surface area contributed by atoms with Gasteiger partial charge in [-0.15, -0.1) is 13.2 Å². The van der Waals surface area contributed by atoms with Crippen molar-refractivity contribution in [2.45, 2.75) is 44.1 Å². The topological polar surface area (TPSA) is 46.2 Å². The number of hydrogen-bond acceptors (Lipinski definition) is 5. The molecule has 31 heavy (non-hydrogen) atoms. The van der Waals surface area contributed by atoms with E-state index in [1.165, 1.54) is 0 Å². The van der Waals surface area contributed by atoms with Crippen LogP contribution >= 0.6 is 0 Å². The predicted octanol–water partition coefficient (Wildman–Crippen LogP) is 3.82. The lowest BCUT2D eigenvalue weighted by molar-refractivity contribution is -0.278. The van der Waals surface area contributed by atoms with E-state index in [0.717, 1.165) is 16.6 Å². The molecule has 2 aromatic rings. The van der Waals surface area contributed by atoms with E-state index in [4.69, 9.17) is 23.5 Å². The number of hydrogen-bond donors (Lipinski definition) is 0. The molecule has 1 unspecified atom stereocenters. The summed E-state index contributed by atoms with van der Waals surface area (Å²) in [6, 6.07) is 19.8. The molecular formula is C25H29BO5. The third kappa shape index (κ3) is 5.53. The summed E-state index contributed by atoms with van der Waals surface area (Å²) in [5.74, 6) is 0. The van der Waals surface area contributed by atoms with Crippen LogP contribution in [0.1, 0.15) is 25.2 Å². The van der Waals surface area contributed by atoms with Crippen LogP contribution in [0.2, 0.25) is 0 Å². The van der Waals surface area contributed by atoms with Gasteiger partial charge in [-0.25, -0.2) is 0 Å². The first-order chi connectivity index (χ1) is 15.1. The molecule has 4 rings (SSSR count). The summed E-state index contributed by atoms with van der Waals surface area (Å²) in [7, 11) is -0.434. The van der Waals surface area contributed by atoms with Gasteiger partial charge in [0.05, 0.1) is 25.4 Å². The van der Waals surface area contributed by atoms with Gasteiger partial charge in [0.2, 0.25) is 0 Å². The first-order valence-corrected chi connectivity index (χ1v) is 10.7. The highest BCUT2D eigenvalue weighted by molar-refractivity contribution is 6.61. The smallest absolute Gasteiger partial charge is 0.404 e. The standard InChI is InChI=1S/C25H29BO5/c1-4-21-24(17-28-26(31-21)20-13-9-6-10-14-20)29-23-16-27-25(19-11-7-5-8-12-19)30-22(23)15-18(2)3/h4-14,21-25H,1-2,15-17H2,3H3/t21-,22+,23-,24+,25?/m1/s1. The summed E-state index contributed by atoms with van der Waals surface area (Å²) < 4.78 is 30.8. The highest BCUT2D eigenvalue weighted by atomic mass is 16.7. The average Bonchev–Trinajstić information content (AvgIpc) is 2.81. The third-order valence-electron chi connectivity index (χ3n) is 5.46. The Labute approximate surface area is 184 Å². The van der Waals surface area contributed by atoms with Crippen LogP contribution in [0.15, 0.2) is 85.5 Å². The van der Waals surface area contributed by atoms with Crippen molar-refractivity contribution < 1.29 is 23.5 Å². The van der Waals surface area contributed by atoms with Crippen LogP contribution in [-0.2, 0) is 23.5 Å². The van der Waals surface area contributed by atoms with Gasteiger partial charge in [0.25, 0.3) is 0 Å². The van der Waals surface area contributed by atoms with Crippen molar-refractivity contribution in [2.24, 2.45) is 0 Å². The molecule has 2 fully saturated rings. The normalized spacial score (nSPS) is 28.8. The fourth-order valence-corrected chi connectivity index (χ4v) is 3.89. The lowest BCUT2D eigenvalue weighted by atomic mass is 9.77. The molecule has 2 aliphatic rings. The highest BCUT2D eigenvalue weighted by Crippen LogP contribution is 2.31. The number of ether oxygens (including phenoxy) is 3. The van der Waals surface area contributed by atoms with E-state index in [2.05, 4.69) is 13.2 Å². The second-order valence-corrected chi connectivity index (χ2v) is 8.04. The fourth-order valence-electron chi connectivity index (χ4n) is 3.89. The number of rotatable bonds is 7. The van der Waals surface area contributed by atoms with Crippen molar-refractivity contribution in [3.05, 3.63) is 91.0 Å². The van der Waals surface area contributed by atoms with Gasteiger partial charge in [-0.3, -0.25) is 0 Å². The zero-order valence-corrected chi connectivity index (χ0v) is 17.9. The van der Waals surface area contributed by atoms with Gasteiger partial charge < -0.3 is 23.5 Å². The fraction of sp³-hybridized carbons (Fsp3) is 0.360. The maximum absolute atomic E-state index is 6.41. The lowest BCUT2D eigenvalue weighted by Gasteiger charge is -2.41. The zero-order valence-electron chi connectivity index (χ0n) is 17.9. The molecule has 0 N–H and O–H groups in total. The minimum Gasteiger partial charge on any atom is -0.404 e. The molecule has 2 saturated heterocycles. The second-order valence-electron chi connectivity index (χ2n) is 8.04. The van der Waals surface area contributed by atoms with Gasteiger partial charge in [-0.1, -0.05) is 72.3 Å². The molecule has 2 aromatic carbocycles. The number of benzene rings is 2. The van der Waals surface area contributed by atoms with Crippen molar-refractivity contribution in [3.8, 4) is 0 Å². The Morgan fingerprint density at radius 2 is 1.77 bits per heavy atom. The minimum absolute atomic E-state index is 0.172. The Hall–Kier alpha value is -2.22. The van der Waals surface area contributed by atoms with E-state index < -0.39 is 13.4 Å². The monoisotopic (exact) mass is 420 g/mol. The Balaban J connectivity index is 1.42. The van der Waals surface area contributed by atoms with Gasteiger partial charge in [-0.2, -0.15) is 0 Å². The van der Waals surface area contributed by atoms with E-state index in [0.29, 0.717) is 19.6 Å². The summed E-state index contributed by atoms with van der Waals surface area (Å²) in [5, 5.41) is 0. The molecule has 5 nitrogen and oxygen atoms in total. The highest BCUT2D eigenvalue weighted by Gasteiger charge is 2.40. The first-order valence-electron chi connectivity index (χ1n) is 10.7. The Morgan fingerprint density at radius 3 is 2.45 bits per heavy atom. The average molecular weight is 420 g/mol. The molecular weight excluding hydrogens is 391 g/mol. The maximum Gasteiger partial charge on any atom is 0.494 e. The van der Waals surface area contributed by atoms with Gasteiger partial charge >= 0.3 is 7.12 Å². The van der Waals surface area contributed by atoms with Crippen LogP contribution in [-0.4, -0.2) is 44.7 Å². The molecule has 0 aliphatic carbocycles. The van der Waals surface area contributed by atoms with Crippen molar-refractivity contribution in [1.29, 1.82) is 0 Å². The molecule has 2 aliphatic heterocycles. The quantitative estimate of drug-likeness (QED) is 0.504. The Morgan fingerprint density at radius 1 is 1.06 bits per heavy atom. The maximum atomic E-state index is 6.41. The van der Waals surface area contributed by atoms with Crippen molar-refractivity contribution in [1.82, 2.24) is 0 Å². The third-order valence-corrected chi connectivity index (χ3v) is 5.46. The molecule has 0 aromatic heterocycles. The van der Waals surface area contributed by atoms with Crippen LogP contribution in [0.5, 0.6) is 0 Å². The lowest BCUT2D eigenvalue weighted by Crippen LogP contribution is -2.54. The molecule has 162 valence electrons. The van der Waals surface area contributed by atoms with E-state index in [-0.39, 0.29) is 24.4 Å². The largest absolute Gasteiger partial charge is 0.494 e. The molecule has 0 spiro atoms. The van der Waals surface area contributed by atoms with Crippen molar-refractivity contribution >= 4 is 12.6 Å². The molecule has 0 amide bonds. The molecule has 0 radical (unpaired) electrons. The summed E-state index contributed by atoms with van der Waals surface area (Å²) >= 11 is 0. The molecule has 0 bridgehead atoms. The summed E-state index contributed by atoms with van der Waals surface area (Å²) in [6.07, 6.45) is 1.03. The molecule has 0 saturated carbocycles. The van der Waals surface area contributed by atoms with Crippen LogP contribution in [0.4, 0.5) is 0 Å². The van der Waals surface area contributed by atoms with E-state index in [9.17, 15) is 0 Å². The van der Waals surface area contributed by atoms with Crippen LogP contribution < -0.4 is 5.46 Å². The molecule has 2 heterocycles. The SMILES string of the molecule is C=C[C@H]1OB(c2ccccc2)OC[C@@H]1O[C@@H]1COC(c2ccccc2)O[C@H]1CC(=C)C. The van der Waals surface area contributed by atoms with Crippen LogP contribution in [0.25, 0.3) is 0 Å². The van der Waals surface area contributed by atoms with E-state index in [1.54, 1.807) is 6.08 Å². The van der Waals surface area contributed by atoms with Crippen molar-refractivity contribution in [2.75, 3.05) is 13.2 Å². The Kier molecular flexibility index (Phi) is 7.38. The van der Waals surface area contributed by atoms with Gasteiger partial charge in [0, 0.05) is 5.56 Å². The van der Waals surface area contributed by atoms with E-state index >= 15 is 0 Å². The van der Waals surface area contributed by atoms with Gasteiger partial charge in [0.1, 0.15) is 12.2 Å². The summed E-state index contributed by atoms with van der Waals surface area (Å²) in [6.45, 7) is 10.8. The van der Waals surface area contributed by atoms with E-state index in [1.807, 2.05) is 67.6 Å². The summed E-state index contributed by atoms with van der Waals surface area (Å²) in [5.41, 5.74) is 3.00. The molecule has 6 heteroatoms. The first kappa shape index (κ1) is 22.0. The van der Waals surface area contributed by atoms with Gasteiger partial charge in [-0.05, 0) is 18.8 Å². The van der Waals surface area contributed by atoms with Crippen LogP contribution in [0.3, 0.4) is 0 Å². The Bertz CT molecular complexity index is 859. The van der Waals surface area contributed by atoms with Crippen LogP contribution in [0, 0.1) is 0 Å². The summed E-state index contributed by atoms with van der Waals surface area (Å²) in [4.78, 5) is 0. The predicted molar refractivity (Wildman–Crippen MR) is 121 cm³/mol. The van der Waals surface area contributed by atoms with Gasteiger partial charge in [0.15, 0.2) is 6.29 Å². The minimum atomic E-state index is -0.434.